The minimum atomic E-state index is -1.00. The predicted octanol–water partition coefficient (Wildman–Crippen LogP) is 7.88. The highest BCUT2D eigenvalue weighted by molar-refractivity contribution is 7.13. The number of ether oxygens (including phenoxy) is 3. The molecule has 5 aromatic rings. The van der Waals surface area contributed by atoms with Crippen LogP contribution in [0.15, 0.2) is 77.0 Å². The van der Waals surface area contributed by atoms with Gasteiger partial charge >= 0.3 is 0 Å². The van der Waals surface area contributed by atoms with Crippen molar-refractivity contribution in [3.8, 4) is 27.3 Å². The Kier molecular flexibility index (Phi) is 19.1. The Balaban J connectivity index is 0.937. The number of aromatic nitrogens is 2. The first-order valence-electron chi connectivity index (χ1n) is 26.2. The van der Waals surface area contributed by atoms with E-state index < -0.39 is 35.4 Å². The molecule has 2 fully saturated rings. The number of anilines is 1. The van der Waals surface area contributed by atoms with Gasteiger partial charge in [-0.05, 0) is 130 Å². The summed E-state index contributed by atoms with van der Waals surface area (Å²) >= 11 is 1.57. The number of rotatable bonds is 21. The average molecular weight is 1050 g/mol. The number of aromatic amines is 1. The van der Waals surface area contributed by atoms with Crippen LogP contribution in [0.3, 0.4) is 0 Å². The number of pyridine rings is 1. The van der Waals surface area contributed by atoms with Crippen LogP contribution < -0.4 is 31.1 Å². The minimum Gasteiger partial charge on any atom is -0.493 e. The molecule has 5 N–H and O–H groups in total. The number of likely N-dealkylation sites (tertiary alicyclic amines) is 1. The number of carbonyl (C=O) groups excluding carboxylic acids is 4. The van der Waals surface area contributed by atoms with Gasteiger partial charge in [0.05, 0.1) is 40.4 Å². The number of nitrogens with one attached hydrogen (secondary N) is 4. The summed E-state index contributed by atoms with van der Waals surface area (Å²) in [6.07, 6.45) is 2.17. The van der Waals surface area contributed by atoms with E-state index in [1.54, 1.807) is 17.4 Å². The van der Waals surface area contributed by atoms with Crippen LogP contribution >= 0.6 is 11.3 Å². The topological polar surface area (TPSA) is 205 Å². The van der Waals surface area contributed by atoms with E-state index in [1.165, 1.54) is 10.5 Å². The Morgan fingerprint density at radius 3 is 2.29 bits per heavy atom. The third-order valence-corrected chi connectivity index (χ3v) is 15.2. The number of thiazole rings is 1. The number of unbranched alkanes of at least 4 members (excludes halogenated alkanes) is 1. The van der Waals surface area contributed by atoms with E-state index in [9.17, 15) is 29.1 Å². The number of hydrogen-bond acceptors (Lipinski definition) is 12. The first-order valence-corrected chi connectivity index (χ1v) is 27.1. The fraction of sp³-hybridized carbons (Fsp3) is 0.483. The van der Waals surface area contributed by atoms with Gasteiger partial charge in [-0.15, -0.1) is 11.3 Å². The lowest BCUT2D eigenvalue weighted by Gasteiger charge is -2.36. The molecule has 3 aromatic carbocycles. The molecule has 17 heteroatoms. The average Bonchev–Trinajstić information content (AvgIpc) is 4.00. The number of aliphatic hydroxyl groups is 1. The number of β-amino-alcohol motifs (C(OH)–C–C–N with tert-alkyl or cyclic N) is 1. The van der Waals surface area contributed by atoms with Crippen LogP contribution in [-0.2, 0) is 30.4 Å². The second-order valence-corrected chi connectivity index (χ2v) is 21.8. The lowest BCUT2D eigenvalue weighted by molar-refractivity contribution is -0.144. The number of benzene rings is 3. The van der Waals surface area contributed by atoms with Crippen molar-refractivity contribution < 1.29 is 38.5 Å². The Bertz CT molecular complexity index is 2850. The van der Waals surface area contributed by atoms with Crippen molar-refractivity contribution in [2.24, 2.45) is 5.41 Å². The van der Waals surface area contributed by atoms with Gasteiger partial charge in [-0.1, -0.05) is 63.2 Å². The van der Waals surface area contributed by atoms with Crippen molar-refractivity contribution in [2.45, 2.75) is 131 Å². The molecule has 0 saturated carbocycles. The first-order chi connectivity index (χ1) is 35.8. The number of hydrogen-bond donors (Lipinski definition) is 5. The summed E-state index contributed by atoms with van der Waals surface area (Å²) in [7, 11) is 0. The monoisotopic (exact) mass is 1050 g/mol. The van der Waals surface area contributed by atoms with Gasteiger partial charge in [0.1, 0.15) is 24.4 Å². The van der Waals surface area contributed by atoms with E-state index >= 15 is 0 Å². The van der Waals surface area contributed by atoms with Gasteiger partial charge in [0.25, 0.3) is 11.5 Å². The van der Waals surface area contributed by atoms with Crippen LogP contribution in [0.4, 0.5) is 5.69 Å². The predicted molar refractivity (Wildman–Crippen MR) is 293 cm³/mol. The van der Waals surface area contributed by atoms with Gasteiger partial charge in [-0.25, -0.2) is 4.98 Å². The molecule has 75 heavy (non-hydrogen) atoms. The molecule has 4 amide bonds. The van der Waals surface area contributed by atoms with Crippen LogP contribution in [0.1, 0.15) is 117 Å². The highest BCUT2D eigenvalue weighted by atomic mass is 32.1. The fourth-order valence-electron chi connectivity index (χ4n) is 9.97. The molecular formula is C58H75N7O9S. The SMILES string of the molecule is CCN(c1cc(-c2ccc(OCCCCOCC(=O)NC(C(=O)N3C[C@H](O)C[C@H]3C(=O)N[C@@H](C)c3ccc(-c4scnc4C)cc3)C(C)(C)C)c(C(=O)NCc3c(C)cc(C)[nH]c3=O)c2)ccc1C)C1CCOCC1. The summed E-state index contributed by atoms with van der Waals surface area (Å²) in [5.74, 6) is -1.33. The maximum Gasteiger partial charge on any atom is 0.255 e. The molecule has 402 valence electrons. The summed E-state index contributed by atoms with van der Waals surface area (Å²) in [6.45, 7) is 19.8. The van der Waals surface area contributed by atoms with Crippen LogP contribution in [0.5, 0.6) is 5.75 Å². The molecule has 2 aliphatic heterocycles. The molecule has 2 aliphatic rings. The zero-order chi connectivity index (χ0) is 54.0. The molecule has 16 nitrogen and oxygen atoms in total. The van der Waals surface area contributed by atoms with E-state index in [2.05, 4.69) is 62.9 Å². The summed E-state index contributed by atoms with van der Waals surface area (Å²) in [5, 5.41) is 19.6. The van der Waals surface area contributed by atoms with Gasteiger partial charge in [-0.3, -0.25) is 24.0 Å². The molecule has 0 aliphatic carbocycles. The van der Waals surface area contributed by atoms with Gasteiger partial charge in [-0.2, -0.15) is 0 Å². The second-order valence-electron chi connectivity index (χ2n) is 21.0. The van der Waals surface area contributed by atoms with E-state index in [0.29, 0.717) is 35.8 Å². The quantitative estimate of drug-likeness (QED) is 0.0447. The van der Waals surface area contributed by atoms with Gasteiger partial charge in [0.2, 0.25) is 17.7 Å². The third-order valence-electron chi connectivity index (χ3n) is 14.2. The summed E-state index contributed by atoms with van der Waals surface area (Å²) in [6, 6.07) is 19.8. The Labute approximate surface area is 445 Å². The van der Waals surface area contributed by atoms with Crippen molar-refractivity contribution in [1.29, 1.82) is 0 Å². The highest BCUT2D eigenvalue weighted by Gasteiger charge is 2.45. The molecule has 0 bridgehead atoms. The van der Waals surface area contributed by atoms with E-state index in [0.717, 1.165) is 82.4 Å². The van der Waals surface area contributed by atoms with E-state index in [4.69, 9.17) is 14.2 Å². The molecule has 4 heterocycles. The zero-order valence-corrected chi connectivity index (χ0v) is 45.8. The van der Waals surface area contributed by atoms with E-state index in [1.807, 2.05) is 96.4 Å². The summed E-state index contributed by atoms with van der Waals surface area (Å²) < 4.78 is 17.7. The number of carbonyl (C=O) groups is 4. The Morgan fingerprint density at radius 2 is 1.61 bits per heavy atom. The molecule has 2 saturated heterocycles. The maximum absolute atomic E-state index is 14.2. The van der Waals surface area contributed by atoms with Gasteiger partial charge in [0.15, 0.2) is 0 Å². The number of amides is 4. The molecule has 0 spiro atoms. The summed E-state index contributed by atoms with van der Waals surface area (Å²) in [4.78, 5) is 80.3. The van der Waals surface area contributed by atoms with E-state index in [-0.39, 0.29) is 62.7 Å². The molecule has 4 atom stereocenters. The van der Waals surface area contributed by atoms with Gasteiger partial charge < -0.3 is 50.1 Å². The van der Waals surface area contributed by atoms with Crippen LogP contribution in [0.25, 0.3) is 21.6 Å². The molecule has 2 aromatic heterocycles. The molecule has 7 rings (SSSR count). The summed E-state index contributed by atoms with van der Waals surface area (Å²) in [5.41, 5.74) is 10.2. The lowest BCUT2D eigenvalue weighted by atomic mass is 9.85. The number of aryl methyl sites for hydroxylation is 4. The van der Waals surface area contributed by atoms with Crippen molar-refractivity contribution in [3.63, 3.8) is 0 Å². The maximum atomic E-state index is 14.2. The van der Waals surface area contributed by atoms with Crippen molar-refractivity contribution in [3.05, 3.63) is 122 Å². The normalized spacial score (nSPS) is 16.8. The number of H-pyrrole nitrogens is 1. The molecule has 1 unspecified atom stereocenters. The number of aliphatic hydroxyl groups excluding tert-OH is 1. The Morgan fingerprint density at radius 1 is 0.920 bits per heavy atom. The van der Waals surface area contributed by atoms with Crippen LogP contribution in [0.2, 0.25) is 0 Å². The molecular weight excluding hydrogens is 971 g/mol. The van der Waals surface area contributed by atoms with Crippen molar-refractivity contribution in [1.82, 2.24) is 30.8 Å². The standard InChI is InChI=1S/C58H75N7O9S/c1-10-64(44-21-25-72-26-22-44)48-29-43(14-13-35(48)2)42-19-20-50(46(28-42)54(68)59-31-47-36(3)27-37(4)61-55(47)69)74-24-12-11-23-73-33-51(67)63-53(58(7,8)9)57(71)65-32-45(66)30-49(65)56(70)62-38(5)40-15-17-41(18-16-40)52-39(6)60-34-75-52/h13-20,27-29,34,38,44-45,49,53,66H,10-12,21-26,30-33H2,1-9H3,(H,59,68)(H,61,69)(H,62,70)(H,63,67)/t38-,45+,49-,53?/m0/s1. The van der Waals surface area contributed by atoms with Crippen LogP contribution in [-0.4, -0.2) is 114 Å². The number of nitrogens with zero attached hydrogens (tertiary/aromatic N) is 3. The lowest BCUT2D eigenvalue weighted by Crippen LogP contribution is -2.58. The molecule has 0 radical (unpaired) electrons. The first kappa shape index (κ1) is 56.3. The third kappa shape index (κ3) is 14.3. The fourth-order valence-corrected chi connectivity index (χ4v) is 10.8. The smallest absolute Gasteiger partial charge is 0.255 e. The zero-order valence-electron chi connectivity index (χ0n) is 45.0. The second kappa shape index (κ2) is 25.4. The Hall–Kier alpha value is -6.40. The van der Waals surface area contributed by atoms with Crippen molar-refractivity contribution in [2.75, 3.05) is 51.0 Å². The largest absolute Gasteiger partial charge is 0.493 e. The minimum absolute atomic E-state index is 0.0364. The van der Waals surface area contributed by atoms with Crippen molar-refractivity contribution >= 4 is 40.7 Å². The van der Waals surface area contributed by atoms with Gasteiger partial charge in [0, 0.05) is 68.9 Å². The highest BCUT2D eigenvalue weighted by Crippen LogP contribution is 2.34. The van der Waals surface area contributed by atoms with Crippen LogP contribution in [0, 0.1) is 33.1 Å².